The number of carbonyl (C=O) groups excluding carboxylic acids is 1. The molecule has 0 saturated heterocycles. The summed E-state index contributed by atoms with van der Waals surface area (Å²) in [5.74, 6) is 0.665. The SMILES string of the molecule is CNc1ncnc(N)c1C(=N)c1ccc2c(c1)CNC2=O. The van der Waals surface area contributed by atoms with Crippen LogP contribution in [-0.4, -0.2) is 28.6 Å². The minimum Gasteiger partial charge on any atom is -0.383 e. The molecule has 1 aliphatic heterocycles. The first-order valence-electron chi connectivity index (χ1n) is 6.40. The van der Waals surface area contributed by atoms with Gasteiger partial charge in [-0.25, -0.2) is 9.97 Å². The van der Waals surface area contributed by atoms with Crippen LogP contribution in [0.2, 0.25) is 0 Å². The Morgan fingerprint density at radius 2 is 2.24 bits per heavy atom. The molecule has 1 aliphatic rings. The second-order valence-electron chi connectivity index (χ2n) is 4.66. The van der Waals surface area contributed by atoms with E-state index in [0.717, 1.165) is 5.56 Å². The largest absolute Gasteiger partial charge is 0.383 e. The van der Waals surface area contributed by atoms with Crippen molar-refractivity contribution < 1.29 is 4.79 Å². The Bertz CT molecular complexity index is 755. The van der Waals surface area contributed by atoms with Gasteiger partial charge >= 0.3 is 0 Å². The molecule has 0 fully saturated rings. The summed E-state index contributed by atoms with van der Waals surface area (Å²) in [6.45, 7) is 0.481. The molecule has 2 aromatic rings. The Hall–Kier alpha value is -2.96. The van der Waals surface area contributed by atoms with Crippen molar-refractivity contribution in [2.45, 2.75) is 6.54 Å². The van der Waals surface area contributed by atoms with Gasteiger partial charge in [0, 0.05) is 24.7 Å². The van der Waals surface area contributed by atoms with Crippen molar-refractivity contribution >= 4 is 23.3 Å². The maximum Gasteiger partial charge on any atom is 0.251 e. The van der Waals surface area contributed by atoms with Crippen LogP contribution in [-0.2, 0) is 6.54 Å². The number of benzene rings is 1. The molecule has 0 aliphatic carbocycles. The van der Waals surface area contributed by atoms with Gasteiger partial charge in [-0.2, -0.15) is 0 Å². The van der Waals surface area contributed by atoms with Crippen molar-refractivity contribution in [3.8, 4) is 0 Å². The fourth-order valence-electron chi connectivity index (χ4n) is 2.37. The van der Waals surface area contributed by atoms with Crippen LogP contribution in [0.15, 0.2) is 24.5 Å². The van der Waals surface area contributed by atoms with Gasteiger partial charge in [0.2, 0.25) is 0 Å². The number of nitrogens with zero attached hydrogens (tertiary/aromatic N) is 2. The number of rotatable bonds is 3. The minimum absolute atomic E-state index is 0.0819. The second-order valence-corrected chi connectivity index (χ2v) is 4.66. The number of aromatic nitrogens is 2. The molecular formula is C14H14N6O. The van der Waals surface area contributed by atoms with Crippen molar-refractivity contribution in [1.82, 2.24) is 15.3 Å². The molecular weight excluding hydrogens is 268 g/mol. The molecule has 7 nitrogen and oxygen atoms in total. The van der Waals surface area contributed by atoms with Gasteiger partial charge < -0.3 is 16.4 Å². The minimum atomic E-state index is -0.0819. The molecule has 2 heterocycles. The van der Waals surface area contributed by atoms with Gasteiger partial charge in [0.05, 0.1) is 11.3 Å². The molecule has 7 heteroatoms. The molecule has 0 saturated carbocycles. The molecule has 3 rings (SSSR count). The molecule has 106 valence electrons. The quantitative estimate of drug-likeness (QED) is 0.620. The van der Waals surface area contributed by atoms with Crippen molar-refractivity contribution in [3.05, 3.63) is 46.8 Å². The predicted octanol–water partition coefficient (Wildman–Crippen LogP) is 0.760. The van der Waals surface area contributed by atoms with Crippen molar-refractivity contribution in [3.63, 3.8) is 0 Å². The number of carbonyl (C=O) groups is 1. The Balaban J connectivity index is 2.06. The van der Waals surface area contributed by atoms with E-state index < -0.39 is 0 Å². The number of fused-ring (bicyclic) bond motifs is 1. The number of nitrogens with one attached hydrogen (secondary N) is 3. The van der Waals surface area contributed by atoms with E-state index in [-0.39, 0.29) is 17.4 Å². The lowest BCUT2D eigenvalue weighted by atomic mass is 9.99. The lowest BCUT2D eigenvalue weighted by molar-refractivity contribution is 0.0966. The zero-order chi connectivity index (χ0) is 15.0. The van der Waals surface area contributed by atoms with E-state index in [4.69, 9.17) is 11.1 Å². The van der Waals surface area contributed by atoms with Crippen LogP contribution in [0.3, 0.4) is 0 Å². The number of nitrogen functional groups attached to an aromatic ring is 1. The third kappa shape index (κ3) is 2.08. The molecule has 1 aromatic carbocycles. The fourth-order valence-corrected chi connectivity index (χ4v) is 2.37. The number of anilines is 2. The normalized spacial score (nSPS) is 12.7. The summed E-state index contributed by atoms with van der Waals surface area (Å²) >= 11 is 0. The summed E-state index contributed by atoms with van der Waals surface area (Å²) in [6, 6.07) is 5.28. The van der Waals surface area contributed by atoms with Gasteiger partial charge in [-0.05, 0) is 17.7 Å². The molecule has 0 spiro atoms. The lowest BCUT2D eigenvalue weighted by Gasteiger charge is -2.12. The second kappa shape index (κ2) is 4.86. The summed E-state index contributed by atoms with van der Waals surface area (Å²) in [5, 5.41) is 14.0. The van der Waals surface area contributed by atoms with Crippen LogP contribution in [0.5, 0.6) is 0 Å². The van der Waals surface area contributed by atoms with E-state index in [2.05, 4.69) is 20.6 Å². The van der Waals surface area contributed by atoms with Gasteiger partial charge in [0.25, 0.3) is 5.91 Å². The summed E-state index contributed by atoms with van der Waals surface area (Å²) < 4.78 is 0. The number of nitrogens with two attached hydrogens (primary N) is 1. The number of hydrogen-bond donors (Lipinski definition) is 4. The first-order chi connectivity index (χ1) is 10.1. The summed E-state index contributed by atoms with van der Waals surface area (Å²) in [4.78, 5) is 19.6. The summed E-state index contributed by atoms with van der Waals surface area (Å²) in [7, 11) is 1.71. The lowest BCUT2D eigenvalue weighted by Crippen LogP contribution is -2.12. The standard InChI is InChI=1S/C14H14N6O/c1-17-13-10(12(16)19-6-20-13)11(15)7-2-3-9-8(4-7)5-18-14(9)21/h2-4,6,15H,5H2,1H3,(H,18,21)(H3,16,17,19,20). The molecule has 0 bridgehead atoms. The van der Waals surface area contributed by atoms with Crippen molar-refractivity contribution in [2.24, 2.45) is 0 Å². The molecule has 0 radical (unpaired) electrons. The smallest absolute Gasteiger partial charge is 0.251 e. The highest BCUT2D eigenvalue weighted by molar-refractivity contribution is 6.16. The monoisotopic (exact) mass is 282 g/mol. The molecule has 5 N–H and O–H groups in total. The topological polar surface area (TPSA) is 117 Å². The van der Waals surface area contributed by atoms with Crippen LogP contribution < -0.4 is 16.4 Å². The van der Waals surface area contributed by atoms with Crippen LogP contribution in [0, 0.1) is 5.41 Å². The number of hydrogen-bond acceptors (Lipinski definition) is 6. The summed E-state index contributed by atoms with van der Waals surface area (Å²) in [5.41, 5.74) is 8.75. The maximum atomic E-state index is 11.6. The van der Waals surface area contributed by atoms with Crippen LogP contribution in [0.1, 0.15) is 27.0 Å². The zero-order valence-corrected chi connectivity index (χ0v) is 11.4. The van der Waals surface area contributed by atoms with E-state index in [0.29, 0.717) is 29.1 Å². The molecule has 0 atom stereocenters. The van der Waals surface area contributed by atoms with Crippen molar-refractivity contribution in [2.75, 3.05) is 18.1 Å². The fraction of sp³-hybridized carbons (Fsp3) is 0.143. The van der Waals surface area contributed by atoms with E-state index in [9.17, 15) is 4.79 Å². The van der Waals surface area contributed by atoms with Gasteiger partial charge in [0.1, 0.15) is 18.0 Å². The molecule has 1 aromatic heterocycles. The van der Waals surface area contributed by atoms with Crippen LogP contribution >= 0.6 is 0 Å². The Morgan fingerprint density at radius 3 is 3.00 bits per heavy atom. The first kappa shape index (κ1) is 13.0. The highest BCUT2D eigenvalue weighted by Crippen LogP contribution is 2.24. The third-order valence-corrected chi connectivity index (χ3v) is 3.44. The van der Waals surface area contributed by atoms with Crippen LogP contribution in [0.4, 0.5) is 11.6 Å². The maximum absolute atomic E-state index is 11.6. The van der Waals surface area contributed by atoms with E-state index in [1.807, 2.05) is 6.07 Å². The Labute approximate surface area is 121 Å². The Kier molecular flexibility index (Phi) is 3.02. The average Bonchev–Trinajstić information content (AvgIpc) is 2.87. The highest BCUT2D eigenvalue weighted by Gasteiger charge is 2.21. The Morgan fingerprint density at radius 1 is 1.43 bits per heavy atom. The summed E-state index contributed by atoms with van der Waals surface area (Å²) in [6.07, 6.45) is 1.35. The zero-order valence-electron chi connectivity index (χ0n) is 11.4. The van der Waals surface area contributed by atoms with E-state index in [1.165, 1.54) is 6.33 Å². The van der Waals surface area contributed by atoms with Crippen LogP contribution in [0.25, 0.3) is 0 Å². The molecule has 0 unspecified atom stereocenters. The van der Waals surface area contributed by atoms with E-state index in [1.54, 1.807) is 19.2 Å². The van der Waals surface area contributed by atoms with Gasteiger partial charge in [-0.3, -0.25) is 10.2 Å². The van der Waals surface area contributed by atoms with Gasteiger partial charge in [-0.15, -0.1) is 0 Å². The van der Waals surface area contributed by atoms with E-state index >= 15 is 0 Å². The first-order valence-corrected chi connectivity index (χ1v) is 6.40. The molecule has 21 heavy (non-hydrogen) atoms. The predicted molar refractivity (Wildman–Crippen MR) is 79.5 cm³/mol. The van der Waals surface area contributed by atoms with Crippen molar-refractivity contribution in [1.29, 1.82) is 5.41 Å². The highest BCUT2D eigenvalue weighted by atomic mass is 16.1. The van der Waals surface area contributed by atoms with Gasteiger partial charge in [0.15, 0.2) is 0 Å². The molecule has 1 amide bonds. The third-order valence-electron chi connectivity index (χ3n) is 3.44. The number of amides is 1. The van der Waals surface area contributed by atoms with Gasteiger partial charge in [-0.1, -0.05) is 6.07 Å². The average molecular weight is 282 g/mol.